The van der Waals surface area contributed by atoms with Crippen molar-refractivity contribution in [3.8, 4) is 5.75 Å². The quantitative estimate of drug-likeness (QED) is 0.387. The molecule has 0 saturated carbocycles. The molecular weight excluding hydrogens is 412 g/mol. The van der Waals surface area contributed by atoms with Crippen molar-refractivity contribution in [2.24, 2.45) is 0 Å². The molecule has 0 aromatic heterocycles. The maximum Gasteiger partial charge on any atom is 0.265 e. The third kappa shape index (κ3) is 5.21. The maximum absolute atomic E-state index is 12.9. The number of fused-ring (bicyclic) bond motifs is 1. The molecule has 33 heavy (non-hydrogen) atoms. The zero-order valence-corrected chi connectivity index (χ0v) is 18.6. The lowest BCUT2D eigenvalue weighted by molar-refractivity contribution is -0.122. The number of amides is 2. The van der Waals surface area contributed by atoms with Gasteiger partial charge in [0.25, 0.3) is 11.8 Å². The molecule has 4 rings (SSSR count). The van der Waals surface area contributed by atoms with Crippen molar-refractivity contribution >= 4 is 28.3 Å². The minimum absolute atomic E-state index is 0.170. The number of ether oxygens (including phenoxy) is 1. The first-order chi connectivity index (χ1) is 16.0. The summed E-state index contributed by atoms with van der Waals surface area (Å²) in [6.45, 7) is 3.62. The Balaban J connectivity index is 1.46. The standard InChI is InChI=1S/C28H26N2O3/c1-19(21-11-4-3-5-12-21)29-28(32)24-16-8-9-17-25(24)30-27(31)20(2)33-26-18-10-14-22-13-6-7-15-23(22)26/h3-20H,1-2H3,(H,29,32)(H,30,31)/t19-,20+/m0/s1. The smallest absolute Gasteiger partial charge is 0.265 e. The molecule has 2 atom stereocenters. The number of carbonyl (C=O) groups excluding carboxylic acids is 2. The predicted octanol–water partition coefficient (Wildman–Crippen LogP) is 5.74. The van der Waals surface area contributed by atoms with Crippen molar-refractivity contribution in [2.75, 3.05) is 5.32 Å². The van der Waals surface area contributed by atoms with Gasteiger partial charge in [-0.2, -0.15) is 0 Å². The normalized spacial score (nSPS) is 12.5. The van der Waals surface area contributed by atoms with Crippen LogP contribution in [0, 0.1) is 0 Å². The third-order valence-electron chi connectivity index (χ3n) is 5.50. The van der Waals surface area contributed by atoms with E-state index >= 15 is 0 Å². The second kappa shape index (κ2) is 10.0. The molecule has 0 bridgehead atoms. The molecule has 166 valence electrons. The van der Waals surface area contributed by atoms with Crippen molar-refractivity contribution in [2.45, 2.75) is 26.0 Å². The van der Waals surface area contributed by atoms with Gasteiger partial charge in [0, 0.05) is 5.39 Å². The number of nitrogens with one attached hydrogen (secondary N) is 2. The van der Waals surface area contributed by atoms with E-state index in [4.69, 9.17) is 4.74 Å². The van der Waals surface area contributed by atoms with Gasteiger partial charge in [-0.15, -0.1) is 0 Å². The summed E-state index contributed by atoms with van der Waals surface area (Å²) in [7, 11) is 0. The molecule has 5 nitrogen and oxygen atoms in total. The molecule has 5 heteroatoms. The van der Waals surface area contributed by atoms with Crippen molar-refractivity contribution in [3.63, 3.8) is 0 Å². The number of hydrogen-bond donors (Lipinski definition) is 2. The summed E-state index contributed by atoms with van der Waals surface area (Å²) < 4.78 is 5.97. The highest BCUT2D eigenvalue weighted by Crippen LogP contribution is 2.26. The fraction of sp³-hybridized carbons (Fsp3) is 0.143. The Labute approximate surface area is 193 Å². The number of anilines is 1. The van der Waals surface area contributed by atoms with Crippen LogP contribution in [0.3, 0.4) is 0 Å². The SMILES string of the molecule is C[C@H](NC(=O)c1ccccc1NC(=O)[C@@H](C)Oc1cccc2ccccc12)c1ccccc1. The summed E-state index contributed by atoms with van der Waals surface area (Å²) in [5, 5.41) is 7.82. The van der Waals surface area contributed by atoms with Crippen LogP contribution in [0.15, 0.2) is 97.1 Å². The summed E-state index contributed by atoms with van der Waals surface area (Å²) in [5.41, 5.74) is 1.84. The van der Waals surface area contributed by atoms with E-state index in [2.05, 4.69) is 10.6 Å². The number of hydrogen-bond acceptors (Lipinski definition) is 3. The number of benzene rings is 4. The molecule has 4 aromatic carbocycles. The molecule has 2 N–H and O–H groups in total. The van der Waals surface area contributed by atoms with E-state index in [1.807, 2.05) is 79.7 Å². The fourth-order valence-corrected chi connectivity index (χ4v) is 3.67. The Morgan fingerprint density at radius 2 is 1.42 bits per heavy atom. The van der Waals surface area contributed by atoms with E-state index in [0.29, 0.717) is 17.0 Å². The maximum atomic E-state index is 12.9. The molecule has 2 amide bonds. The van der Waals surface area contributed by atoms with E-state index < -0.39 is 6.10 Å². The van der Waals surface area contributed by atoms with E-state index in [1.165, 1.54) is 0 Å². The molecule has 0 radical (unpaired) electrons. The van der Waals surface area contributed by atoms with Crippen molar-refractivity contribution in [1.82, 2.24) is 5.32 Å². The molecule has 0 aliphatic carbocycles. The Hall–Kier alpha value is -4.12. The molecule has 0 fully saturated rings. The second-order valence-corrected chi connectivity index (χ2v) is 7.88. The average molecular weight is 439 g/mol. The first-order valence-corrected chi connectivity index (χ1v) is 10.9. The predicted molar refractivity (Wildman–Crippen MR) is 131 cm³/mol. The van der Waals surface area contributed by atoms with Gasteiger partial charge in [0.2, 0.25) is 0 Å². The highest BCUT2D eigenvalue weighted by Gasteiger charge is 2.20. The number of rotatable bonds is 7. The molecule has 0 heterocycles. The Morgan fingerprint density at radius 3 is 2.24 bits per heavy atom. The van der Waals surface area contributed by atoms with Gasteiger partial charge < -0.3 is 15.4 Å². The zero-order valence-electron chi connectivity index (χ0n) is 18.6. The summed E-state index contributed by atoms with van der Waals surface area (Å²) in [5.74, 6) is 0.0441. The largest absolute Gasteiger partial charge is 0.480 e. The van der Waals surface area contributed by atoms with Crippen LogP contribution in [0.2, 0.25) is 0 Å². The molecule has 0 aliphatic rings. The van der Waals surface area contributed by atoms with Gasteiger partial charge in [-0.1, -0.05) is 78.9 Å². The van der Waals surface area contributed by atoms with Gasteiger partial charge in [-0.3, -0.25) is 9.59 Å². The lowest BCUT2D eigenvalue weighted by Gasteiger charge is -2.19. The Bertz CT molecular complexity index is 1270. The van der Waals surface area contributed by atoms with Crippen molar-refractivity contribution in [1.29, 1.82) is 0 Å². The number of para-hydroxylation sites is 1. The van der Waals surface area contributed by atoms with Crippen LogP contribution in [0.5, 0.6) is 5.75 Å². The Morgan fingerprint density at radius 1 is 0.758 bits per heavy atom. The molecule has 0 unspecified atom stereocenters. The van der Waals surface area contributed by atoms with Crippen molar-refractivity contribution in [3.05, 3.63) is 108 Å². The van der Waals surface area contributed by atoms with Crippen molar-refractivity contribution < 1.29 is 14.3 Å². The molecule has 0 spiro atoms. The summed E-state index contributed by atoms with van der Waals surface area (Å²) in [6, 6.07) is 30.1. The van der Waals surface area contributed by atoms with Crippen LogP contribution < -0.4 is 15.4 Å². The second-order valence-electron chi connectivity index (χ2n) is 7.88. The zero-order chi connectivity index (χ0) is 23.2. The molecule has 0 aliphatic heterocycles. The molecular formula is C28H26N2O3. The average Bonchev–Trinajstić information content (AvgIpc) is 2.85. The van der Waals surface area contributed by atoms with Gasteiger partial charge in [-0.25, -0.2) is 0 Å². The van der Waals surface area contributed by atoms with E-state index in [9.17, 15) is 9.59 Å². The minimum atomic E-state index is -0.754. The molecule has 0 saturated heterocycles. The lowest BCUT2D eigenvalue weighted by Crippen LogP contribution is -2.32. The van der Waals surface area contributed by atoms with E-state index in [-0.39, 0.29) is 17.9 Å². The number of carbonyl (C=O) groups is 2. The van der Waals surface area contributed by atoms with Crippen LogP contribution in [-0.2, 0) is 4.79 Å². The fourth-order valence-electron chi connectivity index (χ4n) is 3.67. The van der Waals surface area contributed by atoms with Crippen LogP contribution in [0.1, 0.15) is 35.8 Å². The van der Waals surface area contributed by atoms with Gasteiger partial charge in [0.1, 0.15) is 5.75 Å². The minimum Gasteiger partial charge on any atom is -0.480 e. The van der Waals surface area contributed by atoms with E-state index in [0.717, 1.165) is 16.3 Å². The monoisotopic (exact) mass is 438 g/mol. The highest BCUT2D eigenvalue weighted by atomic mass is 16.5. The third-order valence-corrected chi connectivity index (χ3v) is 5.50. The van der Waals surface area contributed by atoms with Crippen LogP contribution in [0.25, 0.3) is 10.8 Å². The van der Waals surface area contributed by atoms with Gasteiger partial charge in [-0.05, 0) is 43.0 Å². The lowest BCUT2D eigenvalue weighted by atomic mass is 10.1. The highest BCUT2D eigenvalue weighted by molar-refractivity contribution is 6.04. The van der Waals surface area contributed by atoms with Crippen LogP contribution in [0.4, 0.5) is 5.69 Å². The van der Waals surface area contributed by atoms with E-state index in [1.54, 1.807) is 31.2 Å². The first-order valence-electron chi connectivity index (χ1n) is 10.9. The summed E-state index contributed by atoms with van der Waals surface area (Å²) in [4.78, 5) is 25.8. The Kier molecular flexibility index (Phi) is 6.69. The van der Waals surface area contributed by atoms with Crippen LogP contribution >= 0.6 is 0 Å². The molecule has 4 aromatic rings. The van der Waals surface area contributed by atoms with Gasteiger partial charge in [0.15, 0.2) is 6.10 Å². The van der Waals surface area contributed by atoms with Gasteiger partial charge >= 0.3 is 0 Å². The van der Waals surface area contributed by atoms with Crippen LogP contribution in [-0.4, -0.2) is 17.9 Å². The first kappa shape index (κ1) is 22.1. The summed E-state index contributed by atoms with van der Waals surface area (Å²) in [6.07, 6.45) is -0.754. The summed E-state index contributed by atoms with van der Waals surface area (Å²) >= 11 is 0. The topological polar surface area (TPSA) is 67.4 Å². The van der Waals surface area contributed by atoms with Gasteiger partial charge in [0.05, 0.1) is 17.3 Å².